The summed E-state index contributed by atoms with van der Waals surface area (Å²) in [6, 6.07) is 3.88. The first-order valence-electron chi connectivity index (χ1n) is 8.19. The second-order valence-electron chi connectivity index (χ2n) is 6.21. The molecule has 5 nitrogen and oxygen atoms in total. The standard InChI is InChI=1S/C17H18F2N2O3S2/c1-2-10-3-5-14-11(7-10)8-15(25-14)17(22)20-21-26(23,24)16-6-4-12(18)9-13(16)19/h4,6,8-10,21H,2-3,5,7H2,1H3,(H,20,22)/t10-/m0/s1. The molecule has 9 heteroatoms. The van der Waals surface area contributed by atoms with Crippen LogP contribution in [0.15, 0.2) is 29.2 Å². The zero-order chi connectivity index (χ0) is 18.9. The number of hydrogen-bond donors (Lipinski definition) is 2. The van der Waals surface area contributed by atoms with Crippen molar-refractivity contribution < 1.29 is 22.0 Å². The third kappa shape index (κ3) is 3.94. The molecule has 0 unspecified atom stereocenters. The summed E-state index contributed by atoms with van der Waals surface area (Å²) in [6.07, 6.45) is 4.00. The van der Waals surface area contributed by atoms with E-state index in [2.05, 4.69) is 12.3 Å². The van der Waals surface area contributed by atoms with Gasteiger partial charge in [0.1, 0.15) is 16.5 Å². The van der Waals surface area contributed by atoms with Crippen LogP contribution in [0, 0.1) is 17.6 Å². The number of amides is 1. The van der Waals surface area contributed by atoms with Gasteiger partial charge in [-0.1, -0.05) is 13.3 Å². The molecule has 0 bridgehead atoms. The first kappa shape index (κ1) is 18.9. The second-order valence-corrected chi connectivity index (χ2v) is 9.00. The average molecular weight is 400 g/mol. The van der Waals surface area contributed by atoms with Gasteiger partial charge in [0.25, 0.3) is 15.9 Å². The summed E-state index contributed by atoms with van der Waals surface area (Å²) in [4.78, 5) is 14.9. The highest BCUT2D eigenvalue weighted by molar-refractivity contribution is 7.89. The van der Waals surface area contributed by atoms with Crippen LogP contribution in [0.4, 0.5) is 8.78 Å². The van der Waals surface area contributed by atoms with Crippen molar-refractivity contribution in [2.45, 2.75) is 37.5 Å². The largest absolute Gasteiger partial charge is 0.276 e. The molecule has 1 heterocycles. The summed E-state index contributed by atoms with van der Waals surface area (Å²) >= 11 is 1.34. The predicted molar refractivity (Wildman–Crippen MR) is 94.3 cm³/mol. The Balaban J connectivity index is 1.70. The van der Waals surface area contributed by atoms with Crippen molar-refractivity contribution in [3.8, 4) is 0 Å². The smallest absolute Gasteiger partial charge is 0.273 e. The van der Waals surface area contributed by atoms with Crippen LogP contribution < -0.4 is 10.3 Å². The number of thiophene rings is 1. The number of hydrazine groups is 1. The van der Waals surface area contributed by atoms with Gasteiger partial charge < -0.3 is 0 Å². The molecule has 1 aromatic carbocycles. The van der Waals surface area contributed by atoms with Crippen molar-refractivity contribution in [2.75, 3.05) is 0 Å². The number of hydrogen-bond acceptors (Lipinski definition) is 4. The molecule has 0 spiro atoms. The van der Waals surface area contributed by atoms with Crippen molar-refractivity contribution in [2.24, 2.45) is 5.92 Å². The van der Waals surface area contributed by atoms with E-state index in [0.29, 0.717) is 16.9 Å². The Morgan fingerprint density at radius 1 is 1.31 bits per heavy atom. The van der Waals surface area contributed by atoms with Crippen molar-refractivity contribution >= 4 is 27.3 Å². The molecule has 2 N–H and O–H groups in total. The van der Waals surface area contributed by atoms with Crippen molar-refractivity contribution in [3.05, 3.63) is 51.2 Å². The quantitative estimate of drug-likeness (QED) is 0.757. The zero-order valence-corrected chi connectivity index (χ0v) is 15.6. The number of benzene rings is 1. The van der Waals surface area contributed by atoms with Gasteiger partial charge in [-0.2, -0.15) is 0 Å². The fraction of sp³-hybridized carbons (Fsp3) is 0.353. The van der Waals surface area contributed by atoms with E-state index in [4.69, 9.17) is 0 Å². The van der Waals surface area contributed by atoms with Gasteiger partial charge in [-0.3, -0.25) is 10.2 Å². The van der Waals surface area contributed by atoms with Crippen LogP contribution in [-0.4, -0.2) is 14.3 Å². The molecule has 1 amide bonds. The van der Waals surface area contributed by atoms with Gasteiger partial charge in [-0.05, 0) is 48.9 Å². The maximum atomic E-state index is 13.6. The Morgan fingerprint density at radius 2 is 2.08 bits per heavy atom. The molecule has 0 fully saturated rings. The van der Waals surface area contributed by atoms with Crippen LogP contribution in [-0.2, 0) is 22.9 Å². The van der Waals surface area contributed by atoms with Crippen molar-refractivity contribution in [1.29, 1.82) is 0 Å². The summed E-state index contributed by atoms with van der Waals surface area (Å²) in [5.74, 6) is -2.12. The van der Waals surface area contributed by atoms with Gasteiger partial charge in [0.05, 0.1) is 4.88 Å². The van der Waals surface area contributed by atoms with Crippen LogP contribution in [0.25, 0.3) is 0 Å². The Hall–Kier alpha value is -1.84. The molecule has 0 radical (unpaired) electrons. The molecule has 140 valence electrons. The lowest BCUT2D eigenvalue weighted by atomic mass is 9.87. The Morgan fingerprint density at radius 3 is 2.77 bits per heavy atom. The highest BCUT2D eigenvalue weighted by Crippen LogP contribution is 2.33. The molecule has 1 aliphatic carbocycles. The van der Waals surface area contributed by atoms with E-state index in [0.717, 1.165) is 48.3 Å². The van der Waals surface area contributed by atoms with Gasteiger partial charge in [0.2, 0.25) is 0 Å². The van der Waals surface area contributed by atoms with Gasteiger partial charge in [0, 0.05) is 10.9 Å². The van der Waals surface area contributed by atoms with Gasteiger partial charge in [-0.25, -0.2) is 17.2 Å². The molecule has 1 aromatic heterocycles. The molecule has 0 saturated carbocycles. The van der Waals surface area contributed by atoms with E-state index in [9.17, 15) is 22.0 Å². The van der Waals surface area contributed by atoms with Crippen LogP contribution >= 0.6 is 11.3 Å². The fourth-order valence-electron chi connectivity index (χ4n) is 2.98. The molecule has 1 aliphatic rings. The minimum absolute atomic E-state index is 0.397. The number of rotatable bonds is 5. The number of fused-ring (bicyclic) bond motifs is 1. The monoisotopic (exact) mass is 400 g/mol. The number of carbonyl (C=O) groups is 1. The third-order valence-corrected chi connectivity index (χ3v) is 6.99. The predicted octanol–water partition coefficient (Wildman–Crippen LogP) is 3.16. The molecule has 3 rings (SSSR count). The van der Waals surface area contributed by atoms with Crippen LogP contribution in [0.3, 0.4) is 0 Å². The van der Waals surface area contributed by atoms with Crippen LogP contribution in [0.1, 0.15) is 39.9 Å². The third-order valence-electron chi connectivity index (χ3n) is 4.47. The topological polar surface area (TPSA) is 75.3 Å². The second kappa shape index (κ2) is 7.42. The van der Waals surface area contributed by atoms with E-state index in [1.54, 1.807) is 6.07 Å². The number of nitrogens with one attached hydrogen (secondary N) is 2. The molecule has 0 aliphatic heterocycles. The Bertz CT molecular complexity index is 941. The number of halogens is 2. The highest BCUT2D eigenvalue weighted by atomic mass is 32.2. The SMILES string of the molecule is CC[C@H]1CCc2sc(C(=O)NNS(=O)(=O)c3ccc(F)cc3F)cc2C1. The highest BCUT2D eigenvalue weighted by Gasteiger charge is 2.24. The molecule has 26 heavy (non-hydrogen) atoms. The average Bonchev–Trinajstić information content (AvgIpc) is 3.02. The molecular formula is C17H18F2N2O3S2. The first-order chi connectivity index (χ1) is 12.3. The number of aryl methyl sites for hydroxylation is 1. The molecule has 1 atom stereocenters. The van der Waals surface area contributed by atoms with Crippen LogP contribution in [0.2, 0.25) is 0 Å². The normalized spacial score (nSPS) is 17.0. The van der Waals surface area contributed by atoms with Crippen molar-refractivity contribution in [3.63, 3.8) is 0 Å². The lowest BCUT2D eigenvalue weighted by molar-refractivity contribution is 0.0949. The first-order valence-corrected chi connectivity index (χ1v) is 10.5. The van der Waals surface area contributed by atoms with Crippen LogP contribution in [0.5, 0.6) is 0 Å². The van der Waals surface area contributed by atoms with E-state index < -0.39 is 32.5 Å². The Kier molecular flexibility index (Phi) is 5.40. The lowest BCUT2D eigenvalue weighted by Crippen LogP contribution is -2.41. The summed E-state index contributed by atoms with van der Waals surface area (Å²) in [5, 5.41) is 0. The summed E-state index contributed by atoms with van der Waals surface area (Å²) < 4.78 is 50.7. The van der Waals surface area contributed by atoms with E-state index >= 15 is 0 Å². The molecule has 0 saturated heterocycles. The summed E-state index contributed by atoms with van der Waals surface area (Å²) in [6.45, 7) is 2.14. The van der Waals surface area contributed by atoms with Gasteiger partial charge >= 0.3 is 0 Å². The maximum absolute atomic E-state index is 13.6. The minimum atomic E-state index is -4.34. The Labute approximate surface area is 154 Å². The molecule has 2 aromatic rings. The van der Waals surface area contributed by atoms with Crippen molar-refractivity contribution in [1.82, 2.24) is 10.3 Å². The van der Waals surface area contributed by atoms with Gasteiger partial charge in [-0.15, -0.1) is 16.2 Å². The van der Waals surface area contributed by atoms with Gasteiger partial charge in [0.15, 0.2) is 0 Å². The molecular weight excluding hydrogens is 382 g/mol. The van der Waals surface area contributed by atoms with E-state index in [1.165, 1.54) is 11.3 Å². The maximum Gasteiger partial charge on any atom is 0.276 e. The summed E-state index contributed by atoms with van der Waals surface area (Å²) in [7, 11) is -4.34. The number of sulfonamides is 1. The minimum Gasteiger partial charge on any atom is -0.273 e. The summed E-state index contributed by atoms with van der Waals surface area (Å²) in [5.41, 5.74) is 3.22. The van der Waals surface area contributed by atoms with E-state index in [-0.39, 0.29) is 0 Å². The number of carbonyl (C=O) groups excluding carboxylic acids is 1. The lowest BCUT2D eigenvalue weighted by Gasteiger charge is -2.19. The zero-order valence-electron chi connectivity index (χ0n) is 14.0. The van der Waals surface area contributed by atoms with E-state index in [1.807, 2.05) is 4.83 Å². The fourth-order valence-corrected chi connectivity index (χ4v) is 4.99.